The number of hydrogen-bond donors (Lipinski definition) is 2. The topological polar surface area (TPSA) is 55.1 Å². The Bertz CT molecular complexity index is 356. The lowest BCUT2D eigenvalue weighted by atomic mass is 9.98. The minimum Gasteiger partial charge on any atom is -0.348 e. The van der Waals surface area contributed by atoms with Crippen molar-refractivity contribution < 1.29 is 4.79 Å². The number of carbonyl (C=O) groups excluding carboxylic acids is 1. The van der Waals surface area contributed by atoms with Gasteiger partial charge in [0.2, 0.25) is 5.91 Å². The molecule has 18 heavy (non-hydrogen) atoms. The summed E-state index contributed by atoms with van der Waals surface area (Å²) in [4.78, 5) is 11.9. The number of rotatable bonds is 5. The second-order valence-corrected chi connectivity index (χ2v) is 4.55. The van der Waals surface area contributed by atoms with Gasteiger partial charge in [0.25, 0.3) is 0 Å². The summed E-state index contributed by atoms with van der Waals surface area (Å²) in [6, 6.07) is 9.46. The van der Waals surface area contributed by atoms with Crippen molar-refractivity contribution >= 4 is 18.3 Å². The molecule has 1 aromatic rings. The molecule has 3 nitrogen and oxygen atoms in total. The molecule has 0 saturated heterocycles. The fraction of sp³-hybridized carbons (Fsp3) is 0.500. The molecule has 102 valence electrons. The maximum Gasteiger partial charge on any atom is 0.237 e. The van der Waals surface area contributed by atoms with Gasteiger partial charge in [-0.25, -0.2) is 0 Å². The monoisotopic (exact) mass is 270 g/mol. The zero-order chi connectivity index (χ0) is 12.8. The van der Waals surface area contributed by atoms with Crippen LogP contribution in [0.15, 0.2) is 30.3 Å². The second-order valence-electron chi connectivity index (χ2n) is 4.55. The summed E-state index contributed by atoms with van der Waals surface area (Å²) in [6.07, 6.45) is 0.911. The lowest BCUT2D eigenvalue weighted by molar-refractivity contribution is -0.124. The van der Waals surface area contributed by atoms with E-state index in [9.17, 15) is 4.79 Å². The van der Waals surface area contributed by atoms with E-state index in [2.05, 4.69) is 5.32 Å². The molecule has 0 aromatic heterocycles. The van der Waals surface area contributed by atoms with Crippen molar-refractivity contribution in [2.24, 2.45) is 11.7 Å². The lowest BCUT2D eigenvalue weighted by Gasteiger charge is -2.21. The first kappa shape index (κ1) is 16.9. The van der Waals surface area contributed by atoms with Gasteiger partial charge in [0.05, 0.1) is 12.1 Å². The number of amides is 1. The van der Waals surface area contributed by atoms with Crippen molar-refractivity contribution in [1.82, 2.24) is 5.32 Å². The Kier molecular flexibility index (Phi) is 7.64. The van der Waals surface area contributed by atoms with E-state index >= 15 is 0 Å². The number of nitrogens with one attached hydrogen (secondary N) is 1. The van der Waals surface area contributed by atoms with Gasteiger partial charge in [0.15, 0.2) is 0 Å². The zero-order valence-corrected chi connectivity index (χ0v) is 12.0. The molecule has 0 fully saturated rings. The summed E-state index contributed by atoms with van der Waals surface area (Å²) in [7, 11) is 0. The fourth-order valence-corrected chi connectivity index (χ4v) is 1.65. The Morgan fingerprint density at radius 1 is 1.28 bits per heavy atom. The zero-order valence-electron chi connectivity index (χ0n) is 11.2. The molecule has 0 unspecified atom stereocenters. The van der Waals surface area contributed by atoms with Gasteiger partial charge in [-0.3, -0.25) is 4.79 Å². The van der Waals surface area contributed by atoms with Crippen LogP contribution in [0.2, 0.25) is 0 Å². The van der Waals surface area contributed by atoms with Crippen LogP contribution in [0.4, 0.5) is 0 Å². The molecule has 0 aliphatic carbocycles. The Morgan fingerprint density at radius 2 is 1.83 bits per heavy atom. The third kappa shape index (κ3) is 4.67. The summed E-state index contributed by atoms with van der Waals surface area (Å²) < 4.78 is 0. The molecule has 0 aliphatic rings. The van der Waals surface area contributed by atoms with Crippen molar-refractivity contribution in [1.29, 1.82) is 0 Å². The molecule has 0 aliphatic heterocycles. The second kappa shape index (κ2) is 8.11. The van der Waals surface area contributed by atoms with Crippen LogP contribution < -0.4 is 11.1 Å². The van der Waals surface area contributed by atoms with Gasteiger partial charge < -0.3 is 11.1 Å². The van der Waals surface area contributed by atoms with Crippen molar-refractivity contribution in [2.45, 2.75) is 39.3 Å². The first-order valence-corrected chi connectivity index (χ1v) is 6.17. The molecule has 1 aromatic carbocycles. The van der Waals surface area contributed by atoms with E-state index in [0.717, 1.165) is 12.0 Å². The van der Waals surface area contributed by atoms with Gasteiger partial charge in [-0.05, 0) is 18.4 Å². The maximum atomic E-state index is 11.9. The molecule has 0 radical (unpaired) electrons. The number of benzene rings is 1. The first-order chi connectivity index (χ1) is 8.06. The van der Waals surface area contributed by atoms with E-state index < -0.39 is 6.04 Å². The van der Waals surface area contributed by atoms with Crippen LogP contribution >= 0.6 is 12.4 Å². The van der Waals surface area contributed by atoms with Crippen LogP contribution in [0.5, 0.6) is 0 Å². The highest BCUT2D eigenvalue weighted by Crippen LogP contribution is 2.12. The molecule has 1 rings (SSSR count). The molecule has 3 atom stereocenters. The van der Waals surface area contributed by atoms with Gasteiger partial charge in [-0.15, -0.1) is 12.4 Å². The van der Waals surface area contributed by atoms with Crippen LogP contribution in [-0.4, -0.2) is 11.9 Å². The Hall–Kier alpha value is -1.06. The SMILES string of the molecule is CC[C@H](C)[C@H](N)C(=O)N[C@H](C)c1ccccc1.Cl. The highest BCUT2D eigenvalue weighted by atomic mass is 35.5. The Balaban J connectivity index is 0.00000289. The average molecular weight is 271 g/mol. The smallest absolute Gasteiger partial charge is 0.237 e. The van der Waals surface area contributed by atoms with E-state index in [-0.39, 0.29) is 30.3 Å². The van der Waals surface area contributed by atoms with Gasteiger partial charge in [-0.2, -0.15) is 0 Å². The summed E-state index contributed by atoms with van der Waals surface area (Å²) in [5.74, 6) is 0.133. The van der Waals surface area contributed by atoms with Gasteiger partial charge in [0, 0.05) is 0 Å². The van der Waals surface area contributed by atoms with Crippen LogP contribution in [0, 0.1) is 5.92 Å². The predicted molar refractivity (Wildman–Crippen MR) is 77.7 cm³/mol. The minimum atomic E-state index is -0.425. The number of hydrogen-bond acceptors (Lipinski definition) is 2. The van der Waals surface area contributed by atoms with E-state index in [1.807, 2.05) is 51.1 Å². The van der Waals surface area contributed by atoms with Gasteiger partial charge >= 0.3 is 0 Å². The maximum absolute atomic E-state index is 11.9. The molecule has 0 saturated carbocycles. The van der Waals surface area contributed by atoms with Crippen LogP contribution in [0.1, 0.15) is 38.8 Å². The third-order valence-electron chi connectivity index (χ3n) is 3.22. The fourth-order valence-electron chi connectivity index (χ4n) is 1.65. The highest BCUT2D eigenvalue weighted by molar-refractivity contribution is 5.85. The summed E-state index contributed by atoms with van der Waals surface area (Å²) in [6.45, 7) is 6.01. The highest BCUT2D eigenvalue weighted by Gasteiger charge is 2.20. The van der Waals surface area contributed by atoms with Crippen LogP contribution in [-0.2, 0) is 4.79 Å². The number of halogens is 1. The Morgan fingerprint density at radius 3 is 2.33 bits per heavy atom. The summed E-state index contributed by atoms with van der Waals surface area (Å²) in [5, 5.41) is 2.95. The normalized spacial score (nSPS) is 15.1. The van der Waals surface area contributed by atoms with Crippen molar-refractivity contribution in [3.8, 4) is 0 Å². The number of carbonyl (C=O) groups is 1. The van der Waals surface area contributed by atoms with E-state index in [0.29, 0.717) is 0 Å². The standard InChI is InChI=1S/C14H22N2O.ClH/c1-4-10(2)13(15)14(17)16-11(3)12-8-6-5-7-9-12;/h5-11,13H,4,15H2,1-3H3,(H,16,17);1H/t10-,11+,13-;/m0./s1. The van der Waals surface area contributed by atoms with E-state index in [4.69, 9.17) is 5.73 Å². The van der Waals surface area contributed by atoms with Crippen molar-refractivity contribution in [3.05, 3.63) is 35.9 Å². The summed E-state index contributed by atoms with van der Waals surface area (Å²) >= 11 is 0. The molecule has 1 amide bonds. The predicted octanol–water partition coefficient (Wildman–Crippen LogP) is 2.66. The van der Waals surface area contributed by atoms with E-state index in [1.165, 1.54) is 0 Å². The molecular formula is C14H23ClN2O. The summed E-state index contributed by atoms with van der Waals surface area (Å²) in [5.41, 5.74) is 6.98. The van der Waals surface area contributed by atoms with Gasteiger partial charge in [-0.1, -0.05) is 50.6 Å². The molecule has 4 heteroatoms. The quantitative estimate of drug-likeness (QED) is 0.864. The van der Waals surface area contributed by atoms with Crippen molar-refractivity contribution in [3.63, 3.8) is 0 Å². The van der Waals surface area contributed by atoms with E-state index in [1.54, 1.807) is 0 Å². The molecule has 0 heterocycles. The molecule has 0 bridgehead atoms. The lowest BCUT2D eigenvalue weighted by Crippen LogP contribution is -2.45. The average Bonchev–Trinajstić information content (AvgIpc) is 2.37. The van der Waals surface area contributed by atoms with Crippen LogP contribution in [0.25, 0.3) is 0 Å². The number of nitrogens with two attached hydrogens (primary N) is 1. The van der Waals surface area contributed by atoms with Crippen LogP contribution in [0.3, 0.4) is 0 Å². The minimum absolute atomic E-state index is 0. The first-order valence-electron chi connectivity index (χ1n) is 6.17. The molecule has 3 N–H and O–H groups in total. The molecule has 0 spiro atoms. The van der Waals surface area contributed by atoms with Crippen molar-refractivity contribution in [2.75, 3.05) is 0 Å². The molecular weight excluding hydrogens is 248 g/mol. The third-order valence-corrected chi connectivity index (χ3v) is 3.22. The van der Waals surface area contributed by atoms with Gasteiger partial charge in [0.1, 0.15) is 0 Å². The Labute approximate surface area is 116 Å². The largest absolute Gasteiger partial charge is 0.348 e.